The highest BCUT2D eigenvalue weighted by atomic mass is 32.2. The van der Waals surface area contributed by atoms with Crippen LogP contribution in [0.5, 0.6) is 0 Å². The van der Waals surface area contributed by atoms with E-state index in [-0.39, 0.29) is 5.82 Å². The van der Waals surface area contributed by atoms with Crippen LogP contribution in [0.15, 0.2) is 42.5 Å². The molecule has 0 saturated carbocycles. The second-order valence-corrected chi connectivity index (χ2v) is 8.67. The third-order valence-electron chi connectivity index (χ3n) is 4.67. The van der Waals surface area contributed by atoms with Crippen molar-refractivity contribution in [3.05, 3.63) is 48.0 Å². The lowest BCUT2D eigenvalue weighted by atomic mass is 9.90. The summed E-state index contributed by atoms with van der Waals surface area (Å²) < 4.78 is 27.1. The van der Waals surface area contributed by atoms with Gasteiger partial charge in [0.25, 0.3) is 0 Å². The lowest BCUT2D eigenvalue weighted by Crippen LogP contribution is -2.35. The van der Waals surface area contributed by atoms with Gasteiger partial charge in [-0.2, -0.15) is 12.7 Å². The summed E-state index contributed by atoms with van der Waals surface area (Å²) in [6, 6.07) is 14.1. The normalized spacial score (nSPS) is 16.0. The van der Waals surface area contributed by atoms with Crippen LogP contribution in [0, 0.1) is 5.92 Å². The molecule has 2 heterocycles. The number of benzene rings is 1. The van der Waals surface area contributed by atoms with Crippen LogP contribution in [0.4, 0.5) is 11.6 Å². The van der Waals surface area contributed by atoms with Gasteiger partial charge in [0.05, 0.1) is 0 Å². The van der Waals surface area contributed by atoms with Crippen LogP contribution in [0.3, 0.4) is 0 Å². The summed E-state index contributed by atoms with van der Waals surface area (Å²) in [5.41, 5.74) is 1.39. The van der Waals surface area contributed by atoms with Crippen molar-refractivity contribution in [1.29, 1.82) is 0 Å². The number of rotatable bonds is 6. The van der Waals surface area contributed by atoms with E-state index in [0.29, 0.717) is 5.92 Å². The molecule has 2 aromatic rings. The van der Waals surface area contributed by atoms with Crippen LogP contribution in [0.1, 0.15) is 18.4 Å². The number of aromatic nitrogens is 2. The molecule has 1 aromatic heterocycles. The Bertz CT molecular complexity index is 801. The Labute approximate surface area is 155 Å². The van der Waals surface area contributed by atoms with Gasteiger partial charge in [-0.15, -0.1) is 10.2 Å². The quantitative estimate of drug-likeness (QED) is 0.837. The molecule has 8 heteroatoms. The molecule has 1 aromatic carbocycles. The van der Waals surface area contributed by atoms with E-state index in [1.54, 1.807) is 6.07 Å². The van der Waals surface area contributed by atoms with Crippen molar-refractivity contribution in [3.8, 4) is 0 Å². The average Bonchev–Trinajstić information content (AvgIpc) is 2.63. The summed E-state index contributed by atoms with van der Waals surface area (Å²) in [6.45, 7) is 1.88. The third-order valence-corrected chi connectivity index (χ3v) is 6.10. The molecule has 26 heavy (non-hydrogen) atoms. The van der Waals surface area contributed by atoms with Gasteiger partial charge in [0, 0.05) is 27.2 Å². The summed E-state index contributed by atoms with van der Waals surface area (Å²) in [5.74, 6) is 1.70. The van der Waals surface area contributed by atoms with Crippen LogP contribution in [-0.2, 0) is 16.6 Å². The van der Waals surface area contributed by atoms with Gasteiger partial charge in [-0.1, -0.05) is 30.3 Å². The predicted octanol–water partition coefficient (Wildman–Crippen LogP) is 2.15. The Kier molecular flexibility index (Phi) is 5.73. The molecule has 1 aliphatic heterocycles. The Morgan fingerprint density at radius 2 is 1.77 bits per heavy atom. The van der Waals surface area contributed by atoms with E-state index in [4.69, 9.17) is 0 Å². The fraction of sp³-hybridized carbons (Fsp3) is 0.444. The Morgan fingerprint density at radius 3 is 2.35 bits per heavy atom. The molecule has 0 atom stereocenters. The highest BCUT2D eigenvalue weighted by Crippen LogP contribution is 2.24. The largest absolute Gasteiger partial charge is 0.355 e. The van der Waals surface area contributed by atoms with Crippen molar-refractivity contribution in [1.82, 2.24) is 14.5 Å². The van der Waals surface area contributed by atoms with Gasteiger partial charge in [-0.3, -0.25) is 4.72 Å². The number of hydrogen-bond donors (Lipinski definition) is 1. The molecule has 0 amide bonds. The molecule has 1 saturated heterocycles. The van der Waals surface area contributed by atoms with Crippen LogP contribution < -0.4 is 9.62 Å². The van der Waals surface area contributed by atoms with E-state index in [1.807, 2.05) is 12.1 Å². The predicted molar refractivity (Wildman–Crippen MR) is 103 cm³/mol. The zero-order valence-corrected chi connectivity index (χ0v) is 16.0. The molecular formula is C18H25N5O2S. The minimum absolute atomic E-state index is 0.224. The molecule has 140 valence electrons. The summed E-state index contributed by atoms with van der Waals surface area (Å²) in [6.07, 6.45) is 3.35. The number of anilines is 2. The van der Waals surface area contributed by atoms with Crippen LogP contribution >= 0.6 is 0 Å². The van der Waals surface area contributed by atoms with Gasteiger partial charge in [-0.05, 0) is 42.9 Å². The smallest absolute Gasteiger partial charge is 0.302 e. The average molecular weight is 375 g/mol. The standard InChI is InChI=1S/C18H25N5O2S/c1-22(2)26(24,25)21-17-8-9-18(20-19-17)23-12-10-16(11-13-23)14-15-6-4-3-5-7-15/h3-9,16H,10-14H2,1-2H3,(H,19,21). The van der Waals surface area contributed by atoms with Crippen molar-refractivity contribution < 1.29 is 8.42 Å². The SMILES string of the molecule is CN(C)S(=O)(=O)Nc1ccc(N2CCC(Cc3ccccc3)CC2)nn1. The molecule has 1 fully saturated rings. The van der Waals surface area contributed by atoms with Gasteiger partial charge in [-0.25, -0.2) is 0 Å². The molecular weight excluding hydrogens is 350 g/mol. The maximum absolute atomic E-state index is 11.8. The van der Waals surface area contributed by atoms with E-state index in [0.717, 1.165) is 42.5 Å². The van der Waals surface area contributed by atoms with Crippen molar-refractivity contribution in [2.75, 3.05) is 36.8 Å². The molecule has 1 N–H and O–H groups in total. The number of nitrogens with zero attached hydrogens (tertiary/aromatic N) is 4. The van der Waals surface area contributed by atoms with E-state index in [1.165, 1.54) is 19.7 Å². The third kappa shape index (κ3) is 4.70. The lowest BCUT2D eigenvalue weighted by Gasteiger charge is -2.32. The van der Waals surface area contributed by atoms with Gasteiger partial charge >= 0.3 is 10.2 Å². The highest BCUT2D eigenvalue weighted by molar-refractivity contribution is 7.90. The monoisotopic (exact) mass is 375 g/mol. The maximum Gasteiger partial charge on any atom is 0.302 e. The fourth-order valence-electron chi connectivity index (χ4n) is 3.09. The zero-order valence-electron chi connectivity index (χ0n) is 15.2. The van der Waals surface area contributed by atoms with Crippen LogP contribution in [0.25, 0.3) is 0 Å². The fourth-order valence-corrected chi connectivity index (χ4v) is 3.64. The summed E-state index contributed by atoms with van der Waals surface area (Å²) in [4.78, 5) is 2.21. The van der Waals surface area contributed by atoms with Crippen molar-refractivity contribution in [3.63, 3.8) is 0 Å². The number of hydrogen-bond acceptors (Lipinski definition) is 5. The van der Waals surface area contributed by atoms with Crippen molar-refractivity contribution in [2.24, 2.45) is 5.92 Å². The van der Waals surface area contributed by atoms with Gasteiger partial charge in [0.15, 0.2) is 11.6 Å². The number of piperidine rings is 1. The summed E-state index contributed by atoms with van der Waals surface area (Å²) in [5, 5.41) is 8.18. The first-order valence-electron chi connectivity index (χ1n) is 8.77. The summed E-state index contributed by atoms with van der Waals surface area (Å²) in [7, 11) is -0.635. The minimum Gasteiger partial charge on any atom is -0.355 e. The lowest BCUT2D eigenvalue weighted by molar-refractivity contribution is 0.402. The van der Waals surface area contributed by atoms with Crippen molar-refractivity contribution >= 4 is 21.8 Å². The first-order valence-corrected chi connectivity index (χ1v) is 10.2. The summed E-state index contributed by atoms with van der Waals surface area (Å²) >= 11 is 0. The minimum atomic E-state index is -3.56. The second kappa shape index (κ2) is 8.01. The Balaban J connectivity index is 1.55. The molecule has 0 radical (unpaired) electrons. The van der Waals surface area contributed by atoms with Gasteiger partial charge in [0.2, 0.25) is 0 Å². The number of nitrogens with one attached hydrogen (secondary N) is 1. The van der Waals surface area contributed by atoms with E-state index >= 15 is 0 Å². The van der Waals surface area contributed by atoms with E-state index in [9.17, 15) is 8.42 Å². The second-order valence-electron chi connectivity index (χ2n) is 6.79. The molecule has 0 unspecified atom stereocenters. The first kappa shape index (κ1) is 18.6. The molecule has 0 bridgehead atoms. The molecule has 3 rings (SSSR count). The topological polar surface area (TPSA) is 78.4 Å². The Hall–Kier alpha value is -2.19. The van der Waals surface area contributed by atoms with E-state index in [2.05, 4.69) is 44.1 Å². The highest BCUT2D eigenvalue weighted by Gasteiger charge is 2.21. The van der Waals surface area contributed by atoms with Gasteiger partial charge in [0.1, 0.15) is 0 Å². The Morgan fingerprint density at radius 1 is 1.08 bits per heavy atom. The van der Waals surface area contributed by atoms with Crippen LogP contribution in [0.2, 0.25) is 0 Å². The first-order chi connectivity index (χ1) is 12.4. The molecule has 0 spiro atoms. The van der Waals surface area contributed by atoms with Crippen molar-refractivity contribution in [2.45, 2.75) is 19.3 Å². The maximum atomic E-state index is 11.8. The molecule has 0 aliphatic carbocycles. The van der Waals surface area contributed by atoms with Gasteiger partial charge < -0.3 is 4.90 Å². The van der Waals surface area contributed by atoms with Crippen LogP contribution in [-0.4, -0.2) is 50.1 Å². The zero-order chi connectivity index (χ0) is 18.6. The molecule has 7 nitrogen and oxygen atoms in total. The van der Waals surface area contributed by atoms with E-state index < -0.39 is 10.2 Å². The molecule has 1 aliphatic rings.